The van der Waals surface area contributed by atoms with E-state index >= 15 is 0 Å². The number of likely N-dealkylation sites (N-methyl/N-ethyl adjacent to an activating group) is 1. The molecule has 1 fully saturated rings. The molecule has 1 N–H and O–H groups in total. The van der Waals surface area contributed by atoms with Crippen molar-refractivity contribution in [3.05, 3.63) is 22.7 Å². The highest BCUT2D eigenvalue weighted by Crippen LogP contribution is 2.40. The summed E-state index contributed by atoms with van der Waals surface area (Å²) in [6, 6.07) is 4.07. The minimum Gasteiger partial charge on any atom is -0.371 e. The second-order valence-corrected chi connectivity index (χ2v) is 5.46. The molecule has 3 rings (SSSR count). The molecule has 0 bridgehead atoms. The Bertz CT molecular complexity index is 517. The third-order valence-corrected chi connectivity index (χ3v) is 3.89. The molecule has 1 atom stereocenters. The number of carbonyl (C=O) groups excluding carboxylic acids is 1. The zero-order chi connectivity index (χ0) is 12.9. The predicted molar refractivity (Wildman–Crippen MR) is 73.6 cm³/mol. The summed E-state index contributed by atoms with van der Waals surface area (Å²) in [6.45, 7) is 4.11. The van der Waals surface area contributed by atoms with Gasteiger partial charge in [-0.05, 0) is 24.6 Å². The molecule has 0 aliphatic carbocycles. The molecule has 1 unspecified atom stereocenters. The van der Waals surface area contributed by atoms with Crippen molar-refractivity contribution in [3.8, 4) is 0 Å². The molecule has 0 saturated carbocycles. The summed E-state index contributed by atoms with van der Waals surface area (Å²) in [7, 11) is 2.05. The molecule has 0 aromatic heterocycles. The maximum absolute atomic E-state index is 12.1. The number of hydrogen-bond acceptors (Lipinski definition) is 3. The van der Waals surface area contributed by atoms with Crippen LogP contribution in [0.2, 0.25) is 5.02 Å². The molecule has 2 heterocycles. The van der Waals surface area contributed by atoms with Gasteiger partial charge in [-0.3, -0.25) is 4.79 Å². The smallest absolute Gasteiger partial charge is 0.241 e. The zero-order valence-electron chi connectivity index (χ0n) is 10.5. The van der Waals surface area contributed by atoms with Crippen LogP contribution >= 0.6 is 11.6 Å². The zero-order valence-corrected chi connectivity index (χ0v) is 11.3. The largest absolute Gasteiger partial charge is 0.371 e. The second-order valence-electron chi connectivity index (χ2n) is 5.02. The fraction of sp³-hybridized carbons (Fsp3) is 0.462. The lowest BCUT2D eigenvalue weighted by atomic mass is 10.0. The van der Waals surface area contributed by atoms with Crippen molar-refractivity contribution in [2.75, 3.05) is 36.5 Å². The molecular weight excluding hydrogens is 250 g/mol. The van der Waals surface area contributed by atoms with E-state index in [2.05, 4.69) is 10.2 Å². The van der Waals surface area contributed by atoms with Gasteiger partial charge < -0.3 is 15.1 Å². The van der Waals surface area contributed by atoms with Gasteiger partial charge in [0.15, 0.2) is 0 Å². The van der Waals surface area contributed by atoms with E-state index in [4.69, 9.17) is 11.6 Å². The summed E-state index contributed by atoms with van der Waals surface area (Å²) in [5.41, 5.74) is 3.13. The highest BCUT2D eigenvalue weighted by Gasteiger charge is 2.36. The number of carbonyl (C=O) groups is 1. The van der Waals surface area contributed by atoms with Crippen molar-refractivity contribution in [2.24, 2.45) is 0 Å². The van der Waals surface area contributed by atoms with Crippen LogP contribution in [0.1, 0.15) is 5.56 Å². The van der Waals surface area contributed by atoms with E-state index in [1.54, 1.807) is 0 Å². The molecule has 0 radical (unpaired) electrons. The summed E-state index contributed by atoms with van der Waals surface area (Å²) >= 11 is 6.12. The summed E-state index contributed by atoms with van der Waals surface area (Å²) in [5.74, 6) is 0.144. The molecule has 2 aliphatic rings. The average Bonchev–Trinajstić information content (AvgIpc) is 2.29. The molecule has 0 spiro atoms. The first-order valence-electron chi connectivity index (χ1n) is 6.12. The minimum absolute atomic E-state index is 0.144. The van der Waals surface area contributed by atoms with E-state index in [1.165, 1.54) is 0 Å². The first-order chi connectivity index (χ1) is 8.58. The number of piperazine rings is 1. The minimum atomic E-state index is 0.144. The molecule has 5 heteroatoms. The SMILES string of the molecule is Cc1cc(Cl)cc2c1N1C(=O)CNCC1CN2C. The van der Waals surface area contributed by atoms with E-state index < -0.39 is 0 Å². The molecule has 1 aromatic rings. The maximum atomic E-state index is 12.1. The van der Waals surface area contributed by atoms with Gasteiger partial charge in [-0.25, -0.2) is 0 Å². The highest BCUT2D eigenvalue weighted by atomic mass is 35.5. The van der Waals surface area contributed by atoms with E-state index in [0.717, 1.165) is 35.1 Å². The van der Waals surface area contributed by atoms with Crippen LogP contribution < -0.4 is 15.1 Å². The monoisotopic (exact) mass is 265 g/mol. The van der Waals surface area contributed by atoms with Crippen molar-refractivity contribution in [3.63, 3.8) is 0 Å². The third-order valence-electron chi connectivity index (χ3n) is 3.67. The van der Waals surface area contributed by atoms with Gasteiger partial charge in [-0.2, -0.15) is 0 Å². The van der Waals surface area contributed by atoms with Crippen LogP contribution in [0.25, 0.3) is 0 Å². The Hall–Kier alpha value is -1.26. The van der Waals surface area contributed by atoms with Gasteiger partial charge in [0.05, 0.1) is 24.0 Å². The van der Waals surface area contributed by atoms with Gasteiger partial charge in [0.2, 0.25) is 5.91 Å². The first kappa shape index (κ1) is 11.8. The van der Waals surface area contributed by atoms with Crippen LogP contribution in [-0.2, 0) is 4.79 Å². The number of nitrogens with zero attached hydrogens (tertiary/aromatic N) is 2. The molecule has 96 valence electrons. The number of aryl methyl sites for hydroxylation is 1. The first-order valence-corrected chi connectivity index (χ1v) is 6.50. The van der Waals surface area contributed by atoms with Gasteiger partial charge in [-0.15, -0.1) is 0 Å². The normalized spacial score (nSPS) is 22.8. The van der Waals surface area contributed by atoms with E-state index in [-0.39, 0.29) is 11.9 Å². The molecule has 1 amide bonds. The number of fused-ring (bicyclic) bond motifs is 3. The number of halogens is 1. The van der Waals surface area contributed by atoms with Gasteiger partial charge in [0.25, 0.3) is 0 Å². The van der Waals surface area contributed by atoms with E-state index in [9.17, 15) is 4.79 Å². The van der Waals surface area contributed by atoms with Crippen molar-refractivity contribution in [1.82, 2.24) is 5.32 Å². The maximum Gasteiger partial charge on any atom is 0.241 e. The van der Waals surface area contributed by atoms with Crippen molar-refractivity contribution < 1.29 is 4.79 Å². The average molecular weight is 266 g/mol. The number of nitrogens with one attached hydrogen (secondary N) is 1. The summed E-state index contributed by atoms with van der Waals surface area (Å²) in [5, 5.41) is 3.89. The Morgan fingerprint density at radius 1 is 1.44 bits per heavy atom. The molecule has 1 aromatic carbocycles. The molecular formula is C13H16ClN3O. The molecule has 4 nitrogen and oxygen atoms in total. The Kier molecular flexibility index (Phi) is 2.72. The number of hydrogen-bond donors (Lipinski definition) is 1. The lowest BCUT2D eigenvalue weighted by molar-refractivity contribution is -0.119. The Morgan fingerprint density at radius 3 is 3.00 bits per heavy atom. The van der Waals surface area contributed by atoms with Gasteiger partial charge in [-0.1, -0.05) is 11.6 Å². The van der Waals surface area contributed by atoms with Crippen LogP contribution in [0.5, 0.6) is 0 Å². The lowest BCUT2D eigenvalue weighted by Crippen LogP contribution is -2.61. The number of amides is 1. The Labute approximate surface area is 112 Å². The second kappa shape index (κ2) is 4.14. The Morgan fingerprint density at radius 2 is 2.22 bits per heavy atom. The van der Waals surface area contributed by atoms with Gasteiger partial charge in [0, 0.05) is 25.2 Å². The highest BCUT2D eigenvalue weighted by molar-refractivity contribution is 6.31. The topological polar surface area (TPSA) is 35.6 Å². The van der Waals surface area contributed by atoms with Gasteiger partial charge >= 0.3 is 0 Å². The molecule has 1 saturated heterocycles. The predicted octanol–water partition coefficient (Wildman–Crippen LogP) is 1.40. The summed E-state index contributed by atoms with van der Waals surface area (Å²) in [6.07, 6.45) is 0. The fourth-order valence-corrected chi connectivity index (χ4v) is 3.18. The van der Waals surface area contributed by atoms with E-state index in [1.807, 2.05) is 31.0 Å². The lowest BCUT2D eigenvalue weighted by Gasteiger charge is -2.45. The number of benzene rings is 1. The van der Waals surface area contributed by atoms with Crippen molar-refractivity contribution in [1.29, 1.82) is 0 Å². The van der Waals surface area contributed by atoms with Crippen LogP contribution in [0, 0.1) is 6.92 Å². The number of anilines is 2. The van der Waals surface area contributed by atoms with Crippen molar-refractivity contribution in [2.45, 2.75) is 13.0 Å². The van der Waals surface area contributed by atoms with Crippen LogP contribution in [0.3, 0.4) is 0 Å². The van der Waals surface area contributed by atoms with Crippen LogP contribution in [-0.4, -0.2) is 38.6 Å². The molecule has 2 aliphatic heterocycles. The van der Waals surface area contributed by atoms with Gasteiger partial charge in [0.1, 0.15) is 0 Å². The number of rotatable bonds is 0. The van der Waals surface area contributed by atoms with Crippen LogP contribution in [0.4, 0.5) is 11.4 Å². The molecule has 18 heavy (non-hydrogen) atoms. The summed E-state index contributed by atoms with van der Waals surface area (Å²) in [4.78, 5) is 16.3. The van der Waals surface area contributed by atoms with Crippen molar-refractivity contribution >= 4 is 28.9 Å². The quantitative estimate of drug-likeness (QED) is 0.770. The summed E-state index contributed by atoms with van der Waals surface area (Å²) < 4.78 is 0. The van der Waals surface area contributed by atoms with Crippen LogP contribution in [0.15, 0.2) is 12.1 Å². The van der Waals surface area contributed by atoms with E-state index in [0.29, 0.717) is 6.54 Å². The fourth-order valence-electron chi connectivity index (χ4n) is 2.92. The third kappa shape index (κ3) is 1.68. The standard InChI is InChI=1S/C13H16ClN3O/c1-8-3-9(14)4-11-13(8)17-10(7-16(11)2)5-15-6-12(17)18/h3-4,10,15H,5-7H2,1-2H3. The Balaban J connectivity index is 2.17.